The normalized spacial score (nSPS) is 21.7. The van der Waals surface area contributed by atoms with E-state index < -0.39 is 0 Å². The monoisotopic (exact) mass is 98.1 g/mol. The summed E-state index contributed by atoms with van der Waals surface area (Å²) in [5.74, 6) is 0. The topological polar surface area (TPSA) is 24.1 Å². The van der Waals surface area contributed by atoms with Crippen LogP contribution in [0.1, 0.15) is 0 Å². The van der Waals surface area contributed by atoms with Crippen LogP contribution >= 0.6 is 0 Å². The standard InChI is InChI=1S/C5H10N2/c1-2-4-7-5-6-3-1/h1-2,6-7H,3-5H2. The lowest BCUT2D eigenvalue weighted by Crippen LogP contribution is -2.26. The van der Waals surface area contributed by atoms with Crippen molar-refractivity contribution in [3.05, 3.63) is 12.2 Å². The molecule has 0 aromatic rings. The highest BCUT2D eigenvalue weighted by molar-refractivity contribution is 4.87. The van der Waals surface area contributed by atoms with Gasteiger partial charge in [0.1, 0.15) is 0 Å². The Morgan fingerprint density at radius 3 is 2.14 bits per heavy atom. The van der Waals surface area contributed by atoms with Crippen molar-refractivity contribution in [1.82, 2.24) is 10.6 Å². The van der Waals surface area contributed by atoms with Gasteiger partial charge in [-0.2, -0.15) is 0 Å². The van der Waals surface area contributed by atoms with Crippen LogP contribution in [-0.4, -0.2) is 19.8 Å². The average Bonchev–Trinajstić information content (AvgIpc) is 1.90. The zero-order chi connectivity index (χ0) is 4.95. The van der Waals surface area contributed by atoms with Gasteiger partial charge in [-0.1, -0.05) is 12.2 Å². The van der Waals surface area contributed by atoms with Crippen LogP contribution in [0.4, 0.5) is 0 Å². The fraction of sp³-hybridized carbons (Fsp3) is 0.600. The summed E-state index contributed by atoms with van der Waals surface area (Å²) in [4.78, 5) is 0. The van der Waals surface area contributed by atoms with Crippen molar-refractivity contribution in [2.24, 2.45) is 0 Å². The minimum Gasteiger partial charge on any atom is -0.301 e. The summed E-state index contributed by atoms with van der Waals surface area (Å²) >= 11 is 0. The maximum atomic E-state index is 3.15. The van der Waals surface area contributed by atoms with E-state index in [1.165, 1.54) is 0 Å². The first-order valence-corrected chi connectivity index (χ1v) is 2.56. The Balaban J connectivity index is 2.20. The van der Waals surface area contributed by atoms with E-state index in [9.17, 15) is 0 Å². The van der Waals surface area contributed by atoms with Gasteiger partial charge in [-0.05, 0) is 0 Å². The van der Waals surface area contributed by atoms with E-state index >= 15 is 0 Å². The second kappa shape index (κ2) is 2.77. The summed E-state index contributed by atoms with van der Waals surface area (Å²) in [6, 6.07) is 0. The predicted molar refractivity (Wildman–Crippen MR) is 30.0 cm³/mol. The molecule has 0 spiro atoms. The Morgan fingerprint density at radius 1 is 1.00 bits per heavy atom. The first-order valence-electron chi connectivity index (χ1n) is 2.56. The summed E-state index contributed by atoms with van der Waals surface area (Å²) in [7, 11) is 0. The van der Waals surface area contributed by atoms with Gasteiger partial charge in [0.15, 0.2) is 0 Å². The minimum atomic E-state index is 0.938. The molecule has 0 saturated carbocycles. The van der Waals surface area contributed by atoms with E-state index in [0.29, 0.717) is 0 Å². The molecule has 1 heterocycles. The van der Waals surface area contributed by atoms with Crippen LogP contribution in [0.25, 0.3) is 0 Å². The second-order valence-corrected chi connectivity index (χ2v) is 1.56. The molecule has 0 aliphatic carbocycles. The molecule has 0 aromatic carbocycles. The summed E-state index contributed by atoms with van der Waals surface area (Å²) in [6.07, 6.45) is 4.25. The van der Waals surface area contributed by atoms with Crippen molar-refractivity contribution in [2.45, 2.75) is 0 Å². The highest BCUT2D eigenvalue weighted by Gasteiger charge is 1.84. The molecule has 0 aromatic heterocycles. The molecule has 1 aliphatic heterocycles. The van der Waals surface area contributed by atoms with Crippen LogP contribution in [0.5, 0.6) is 0 Å². The Bertz CT molecular complexity index is 60.5. The van der Waals surface area contributed by atoms with Crippen molar-refractivity contribution in [1.29, 1.82) is 0 Å². The van der Waals surface area contributed by atoms with Gasteiger partial charge in [-0.3, -0.25) is 0 Å². The number of hydrogen-bond acceptors (Lipinski definition) is 2. The molecule has 2 heteroatoms. The molecule has 0 amide bonds. The van der Waals surface area contributed by atoms with E-state index in [0.717, 1.165) is 19.8 Å². The summed E-state index contributed by atoms with van der Waals surface area (Å²) in [5.41, 5.74) is 0. The van der Waals surface area contributed by atoms with Crippen LogP contribution < -0.4 is 10.6 Å². The van der Waals surface area contributed by atoms with E-state index in [1.807, 2.05) is 0 Å². The van der Waals surface area contributed by atoms with Crippen molar-refractivity contribution in [2.75, 3.05) is 19.8 Å². The number of rotatable bonds is 0. The predicted octanol–water partition coefficient (Wildman–Crippen LogP) is -0.307. The van der Waals surface area contributed by atoms with Crippen molar-refractivity contribution in [3.8, 4) is 0 Å². The third-order valence-electron chi connectivity index (χ3n) is 0.941. The summed E-state index contributed by atoms with van der Waals surface area (Å²) in [5, 5.41) is 6.30. The molecule has 0 atom stereocenters. The molecule has 0 radical (unpaired) electrons. The summed E-state index contributed by atoms with van der Waals surface area (Å²) < 4.78 is 0. The van der Waals surface area contributed by atoms with E-state index in [-0.39, 0.29) is 0 Å². The van der Waals surface area contributed by atoms with Crippen LogP contribution in [0.2, 0.25) is 0 Å². The molecular formula is C5H10N2. The van der Waals surface area contributed by atoms with Crippen molar-refractivity contribution >= 4 is 0 Å². The van der Waals surface area contributed by atoms with Crippen LogP contribution in [0, 0.1) is 0 Å². The van der Waals surface area contributed by atoms with Crippen LogP contribution in [-0.2, 0) is 0 Å². The third-order valence-corrected chi connectivity index (χ3v) is 0.941. The van der Waals surface area contributed by atoms with Gasteiger partial charge in [-0.15, -0.1) is 0 Å². The minimum absolute atomic E-state index is 0.938. The molecule has 0 fully saturated rings. The molecule has 1 aliphatic rings. The first kappa shape index (κ1) is 4.81. The fourth-order valence-electron chi connectivity index (χ4n) is 0.566. The molecule has 0 unspecified atom stereocenters. The average molecular weight is 98.1 g/mol. The first-order chi connectivity index (χ1) is 3.50. The van der Waals surface area contributed by atoms with Crippen molar-refractivity contribution < 1.29 is 0 Å². The molecule has 1 rings (SSSR count). The lowest BCUT2D eigenvalue weighted by molar-refractivity contribution is 0.664. The van der Waals surface area contributed by atoms with Gasteiger partial charge in [0.05, 0.1) is 0 Å². The molecule has 0 saturated heterocycles. The van der Waals surface area contributed by atoms with E-state index in [2.05, 4.69) is 22.8 Å². The molecule has 2 nitrogen and oxygen atoms in total. The fourth-order valence-corrected chi connectivity index (χ4v) is 0.566. The molecule has 7 heavy (non-hydrogen) atoms. The van der Waals surface area contributed by atoms with Crippen LogP contribution in [0.3, 0.4) is 0 Å². The second-order valence-electron chi connectivity index (χ2n) is 1.56. The SMILES string of the molecule is C1=CCNCNC1. The Labute approximate surface area is 43.6 Å². The maximum absolute atomic E-state index is 3.15. The molecule has 0 bridgehead atoms. The number of nitrogens with one attached hydrogen (secondary N) is 2. The van der Waals surface area contributed by atoms with Crippen molar-refractivity contribution in [3.63, 3.8) is 0 Å². The largest absolute Gasteiger partial charge is 0.301 e. The Kier molecular flexibility index (Phi) is 1.90. The van der Waals surface area contributed by atoms with Gasteiger partial charge in [0.25, 0.3) is 0 Å². The number of hydrogen-bond donors (Lipinski definition) is 2. The quantitative estimate of drug-likeness (QED) is 0.406. The lowest BCUT2D eigenvalue weighted by atomic mass is 10.5. The Hall–Kier alpha value is -0.340. The smallest absolute Gasteiger partial charge is 0.0459 e. The maximum Gasteiger partial charge on any atom is 0.0459 e. The van der Waals surface area contributed by atoms with Gasteiger partial charge < -0.3 is 10.6 Å². The lowest BCUT2D eigenvalue weighted by Gasteiger charge is -1.94. The van der Waals surface area contributed by atoms with Gasteiger partial charge in [0, 0.05) is 19.8 Å². The molecular weight excluding hydrogens is 88.1 g/mol. The van der Waals surface area contributed by atoms with E-state index in [4.69, 9.17) is 0 Å². The van der Waals surface area contributed by atoms with Gasteiger partial charge in [0.2, 0.25) is 0 Å². The zero-order valence-electron chi connectivity index (χ0n) is 4.28. The highest BCUT2D eigenvalue weighted by Crippen LogP contribution is 1.71. The van der Waals surface area contributed by atoms with Crippen LogP contribution in [0.15, 0.2) is 12.2 Å². The van der Waals surface area contributed by atoms with Gasteiger partial charge >= 0.3 is 0 Å². The zero-order valence-corrected chi connectivity index (χ0v) is 4.28. The Morgan fingerprint density at radius 2 is 1.57 bits per heavy atom. The third kappa shape index (κ3) is 1.71. The van der Waals surface area contributed by atoms with Gasteiger partial charge in [-0.25, -0.2) is 0 Å². The summed E-state index contributed by atoms with van der Waals surface area (Å²) in [6.45, 7) is 2.95. The molecule has 40 valence electrons. The molecule has 2 N–H and O–H groups in total. The highest BCUT2D eigenvalue weighted by atomic mass is 15.1. The van der Waals surface area contributed by atoms with E-state index in [1.54, 1.807) is 0 Å².